The van der Waals surface area contributed by atoms with Crippen molar-refractivity contribution in [3.8, 4) is 5.75 Å². The molecular formula is C18H17ClN2O5S. The highest BCUT2D eigenvalue weighted by atomic mass is 35.5. The molecule has 27 heavy (non-hydrogen) atoms. The zero-order valence-corrected chi connectivity index (χ0v) is 16.0. The molecule has 1 aromatic carbocycles. The molecule has 0 saturated heterocycles. The summed E-state index contributed by atoms with van der Waals surface area (Å²) in [5.41, 5.74) is 6.83. The molecule has 0 fully saturated rings. The van der Waals surface area contributed by atoms with Crippen LogP contribution >= 0.6 is 22.9 Å². The van der Waals surface area contributed by atoms with Crippen LogP contribution in [0.3, 0.4) is 0 Å². The molecule has 3 N–H and O–H groups in total. The van der Waals surface area contributed by atoms with Crippen LogP contribution in [0, 0.1) is 0 Å². The van der Waals surface area contributed by atoms with Gasteiger partial charge in [0.25, 0.3) is 11.8 Å². The van der Waals surface area contributed by atoms with Crippen molar-refractivity contribution < 1.29 is 23.9 Å². The maximum absolute atomic E-state index is 12.2. The van der Waals surface area contributed by atoms with Gasteiger partial charge in [-0.1, -0.05) is 11.6 Å². The van der Waals surface area contributed by atoms with Gasteiger partial charge in [0.05, 0.1) is 12.7 Å². The van der Waals surface area contributed by atoms with Crippen molar-refractivity contribution >= 4 is 45.7 Å². The number of nitrogens with one attached hydrogen (secondary N) is 1. The summed E-state index contributed by atoms with van der Waals surface area (Å²) in [6, 6.07) is 4.51. The fraction of sp³-hybridized carbons (Fsp3) is 0.278. The predicted molar refractivity (Wildman–Crippen MR) is 102 cm³/mol. The molecule has 2 amide bonds. The van der Waals surface area contributed by atoms with Crippen LogP contribution in [0.5, 0.6) is 5.75 Å². The number of primary amides is 1. The van der Waals surface area contributed by atoms with Crippen LogP contribution in [0.4, 0.5) is 5.00 Å². The van der Waals surface area contributed by atoms with E-state index in [1.165, 1.54) is 30.6 Å². The number of rotatable bonds is 6. The number of methoxy groups -OCH3 is 1. The average molecular weight is 409 g/mol. The molecule has 7 nitrogen and oxygen atoms in total. The van der Waals surface area contributed by atoms with Crippen LogP contribution in [-0.2, 0) is 22.4 Å². The SMILES string of the molecule is COc1ccc(Cl)cc1C(=O)OCC(=O)Nc1sc2c(c1C(N)=O)CCC2. The first-order chi connectivity index (χ1) is 12.9. The Balaban J connectivity index is 1.67. The van der Waals surface area contributed by atoms with Gasteiger partial charge in [0, 0.05) is 9.90 Å². The van der Waals surface area contributed by atoms with Crippen LogP contribution in [0.25, 0.3) is 0 Å². The van der Waals surface area contributed by atoms with Crippen molar-refractivity contribution in [1.29, 1.82) is 0 Å². The van der Waals surface area contributed by atoms with Gasteiger partial charge in [-0.15, -0.1) is 11.3 Å². The van der Waals surface area contributed by atoms with Crippen molar-refractivity contribution in [3.05, 3.63) is 44.8 Å². The highest BCUT2D eigenvalue weighted by molar-refractivity contribution is 7.17. The molecule has 0 spiro atoms. The van der Waals surface area contributed by atoms with Crippen molar-refractivity contribution in [2.45, 2.75) is 19.3 Å². The van der Waals surface area contributed by atoms with E-state index in [4.69, 9.17) is 26.8 Å². The summed E-state index contributed by atoms with van der Waals surface area (Å²) < 4.78 is 10.1. The third-order valence-electron chi connectivity index (χ3n) is 4.14. The van der Waals surface area contributed by atoms with Gasteiger partial charge in [-0.3, -0.25) is 9.59 Å². The topological polar surface area (TPSA) is 108 Å². The third-order valence-corrected chi connectivity index (χ3v) is 5.58. The molecule has 142 valence electrons. The number of fused-ring (bicyclic) bond motifs is 1. The van der Waals surface area contributed by atoms with Gasteiger partial charge in [-0.25, -0.2) is 4.79 Å². The fourth-order valence-electron chi connectivity index (χ4n) is 2.96. The summed E-state index contributed by atoms with van der Waals surface area (Å²) in [7, 11) is 1.41. The largest absolute Gasteiger partial charge is 0.496 e. The first kappa shape index (κ1) is 19.2. The van der Waals surface area contributed by atoms with E-state index in [0.29, 0.717) is 15.6 Å². The molecule has 1 heterocycles. The Bertz CT molecular complexity index is 925. The second-order valence-electron chi connectivity index (χ2n) is 5.89. The van der Waals surface area contributed by atoms with Crippen LogP contribution in [0.1, 0.15) is 37.6 Å². The van der Waals surface area contributed by atoms with Crippen molar-refractivity contribution in [1.82, 2.24) is 0 Å². The van der Waals surface area contributed by atoms with Gasteiger partial charge >= 0.3 is 5.97 Å². The minimum Gasteiger partial charge on any atom is -0.496 e. The van der Waals surface area contributed by atoms with E-state index in [2.05, 4.69) is 5.32 Å². The highest BCUT2D eigenvalue weighted by Crippen LogP contribution is 2.38. The summed E-state index contributed by atoms with van der Waals surface area (Å²) in [6.07, 6.45) is 2.60. The molecule has 0 bridgehead atoms. The first-order valence-corrected chi connectivity index (χ1v) is 9.35. The average Bonchev–Trinajstić information content (AvgIpc) is 3.19. The molecule has 0 unspecified atom stereocenters. The quantitative estimate of drug-likeness (QED) is 0.714. The van der Waals surface area contributed by atoms with E-state index in [1.807, 2.05) is 0 Å². The smallest absolute Gasteiger partial charge is 0.342 e. The predicted octanol–water partition coefficient (Wildman–Crippen LogP) is 2.79. The number of hydrogen-bond acceptors (Lipinski definition) is 6. The molecule has 9 heteroatoms. The number of carbonyl (C=O) groups excluding carboxylic acids is 3. The number of nitrogens with two attached hydrogens (primary N) is 1. The summed E-state index contributed by atoms with van der Waals surface area (Å²) in [5, 5.41) is 3.35. The summed E-state index contributed by atoms with van der Waals surface area (Å²) >= 11 is 7.22. The molecule has 1 aliphatic carbocycles. The van der Waals surface area contributed by atoms with E-state index < -0.39 is 24.4 Å². The normalized spacial score (nSPS) is 12.4. The second-order valence-corrected chi connectivity index (χ2v) is 7.44. The Morgan fingerprint density at radius 1 is 1.30 bits per heavy atom. The number of thiophene rings is 1. The van der Waals surface area contributed by atoms with Crippen molar-refractivity contribution in [3.63, 3.8) is 0 Å². The molecule has 0 aliphatic heterocycles. The van der Waals surface area contributed by atoms with Gasteiger partial charge in [-0.05, 0) is 43.0 Å². The lowest BCUT2D eigenvalue weighted by Crippen LogP contribution is -2.23. The lowest BCUT2D eigenvalue weighted by Gasteiger charge is -2.10. The monoisotopic (exact) mass is 408 g/mol. The van der Waals surface area contributed by atoms with E-state index >= 15 is 0 Å². The Morgan fingerprint density at radius 2 is 2.07 bits per heavy atom. The van der Waals surface area contributed by atoms with E-state index in [1.54, 1.807) is 6.07 Å². The number of halogens is 1. The van der Waals surface area contributed by atoms with Crippen LogP contribution < -0.4 is 15.8 Å². The third kappa shape index (κ3) is 4.06. The van der Waals surface area contributed by atoms with Gasteiger partial charge in [0.15, 0.2) is 6.61 Å². The number of amides is 2. The Kier molecular flexibility index (Phi) is 5.67. The summed E-state index contributed by atoms with van der Waals surface area (Å²) in [4.78, 5) is 37.2. The van der Waals surface area contributed by atoms with E-state index in [-0.39, 0.29) is 11.3 Å². The van der Waals surface area contributed by atoms with Crippen molar-refractivity contribution in [2.24, 2.45) is 5.73 Å². The number of hydrogen-bond donors (Lipinski definition) is 2. The molecule has 0 atom stereocenters. The van der Waals surface area contributed by atoms with Crippen LogP contribution in [0.2, 0.25) is 5.02 Å². The molecule has 0 saturated carbocycles. The standard InChI is InChI=1S/C18H17ClN2O5S/c1-25-12-6-5-9(19)7-11(12)18(24)26-8-14(22)21-17-15(16(20)23)10-3-2-4-13(10)27-17/h5-7H,2-4,8H2,1H3,(H2,20,23)(H,21,22). The first-order valence-electron chi connectivity index (χ1n) is 8.15. The van der Waals surface area contributed by atoms with Crippen LogP contribution in [0.15, 0.2) is 18.2 Å². The number of esters is 1. The van der Waals surface area contributed by atoms with Gasteiger partial charge in [0.2, 0.25) is 0 Å². The maximum atomic E-state index is 12.2. The van der Waals surface area contributed by atoms with Gasteiger partial charge in [-0.2, -0.15) is 0 Å². The summed E-state index contributed by atoms with van der Waals surface area (Å²) in [5.74, 6) is -1.60. The van der Waals surface area contributed by atoms with Crippen molar-refractivity contribution in [2.75, 3.05) is 19.0 Å². The van der Waals surface area contributed by atoms with E-state index in [0.717, 1.165) is 29.7 Å². The zero-order chi connectivity index (χ0) is 19.6. The van der Waals surface area contributed by atoms with Gasteiger partial charge in [0.1, 0.15) is 16.3 Å². The second kappa shape index (κ2) is 7.98. The van der Waals surface area contributed by atoms with E-state index in [9.17, 15) is 14.4 Å². The maximum Gasteiger partial charge on any atom is 0.342 e. The number of anilines is 1. The lowest BCUT2D eigenvalue weighted by molar-refractivity contribution is -0.119. The number of benzene rings is 1. The minimum atomic E-state index is -0.742. The molecule has 1 aromatic heterocycles. The Morgan fingerprint density at radius 3 is 2.78 bits per heavy atom. The lowest BCUT2D eigenvalue weighted by atomic mass is 10.1. The summed E-state index contributed by atoms with van der Waals surface area (Å²) in [6.45, 7) is -0.519. The number of ether oxygens (including phenoxy) is 2. The molecule has 2 aromatic rings. The fourth-order valence-corrected chi connectivity index (χ4v) is 4.45. The number of aryl methyl sites for hydroxylation is 1. The minimum absolute atomic E-state index is 0.116. The molecule has 1 aliphatic rings. The van der Waals surface area contributed by atoms with Gasteiger partial charge < -0.3 is 20.5 Å². The zero-order valence-electron chi connectivity index (χ0n) is 14.5. The molecule has 0 radical (unpaired) electrons. The molecule has 3 rings (SSSR count). The highest BCUT2D eigenvalue weighted by Gasteiger charge is 2.26. The number of carbonyl (C=O) groups is 3. The Hall–Kier alpha value is -2.58. The van der Waals surface area contributed by atoms with Crippen LogP contribution in [-0.4, -0.2) is 31.5 Å². The Labute approximate surface area is 164 Å². The molecular weight excluding hydrogens is 392 g/mol.